The van der Waals surface area contributed by atoms with Crippen LogP contribution in [0.4, 0.5) is 14.5 Å². The van der Waals surface area contributed by atoms with Crippen LogP contribution in [0.25, 0.3) is 0 Å². The normalized spacial score (nSPS) is 10.6. The van der Waals surface area contributed by atoms with E-state index in [1.807, 2.05) is 0 Å². The summed E-state index contributed by atoms with van der Waals surface area (Å²) < 4.78 is 24.9. The lowest BCUT2D eigenvalue weighted by Crippen LogP contribution is -2.01. The van der Waals surface area contributed by atoms with Crippen molar-refractivity contribution in [3.63, 3.8) is 0 Å². The topological polar surface area (TPSA) is 56.0 Å². The Morgan fingerprint density at radius 2 is 2.21 bits per heavy atom. The molecule has 4 nitrogen and oxygen atoms in total. The molecule has 1 aromatic rings. The smallest absolute Gasteiger partial charge is 0.258 e. The molecule has 0 amide bonds. The SMILES string of the molecule is Cc1c([N+](=O)[O-])cc(I)nc1C(F)F. The van der Waals surface area contributed by atoms with E-state index in [1.165, 1.54) is 13.0 Å². The maximum atomic E-state index is 12.4. The molecule has 1 rings (SSSR count). The van der Waals surface area contributed by atoms with Crippen LogP contribution in [0.2, 0.25) is 0 Å². The average Bonchev–Trinajstić information content (AvgIpc) is 2.07. The van der Waals surface area contributed by atoms with Gasteiger partial charge in [-0.25, -0.2) is 13.8 Å². The predicted octanol–water partition coefficient (Wildman–Crippen LogP) is 2.84. The number of halogens is 3. The number of nitrogens with zero attached hydrogens (tertiary/aromatic N) is 2. The van der Waals surface area contributed by atoms with Gasteiger partial charge in [0, 0.05) is 6.07 Å². The average molecular weight is 314 g/mol. The first-order valence-corrected chi connectivity index (χ1v) is 4.61. The molecule has 0 unspecified atom stereocenters. The zero-order chi connectivity index (χ0) is 10.9. The number of hydrogen-bond donors (Lipinski definition) is 0. The Bertz CT molecular complexity index is 384. The molecule has 0 aliphatic heterocycles. The number of alkyl halides is 2. The van der Waals surface area contributed by atoms with Crippen molar-refractivity contribution < 1.29 is 13.7 Å². The maximum absolute atomic E-state index is 12.4. The number of nitro groups is 1. The summed E-state index contributed by atoms with van der Waals surface area (Å²) >= 11 is 1.67. The molecule has 0 bridgehead atoms. The molecule has 0 aromatic carbocycles. The van der Waals surface area contributed by atoms with Crippen molar-refractivity contribution in [2.24, 2.45) is 0 Å². The summed E-state index contributed by atoms with van der Waals surface area (Å²) in [4.78, 5) is 13.3. The summed E-state index contributed by atoms with van der Waals surface area (Å²) in [6.07, 6.45) is -2.79. The third-order valence-electron chi connectivity index (χ3n) is 1.65. The van der Waals surface area contributed by atoms with E-state index in [-0.39, 0.29) is 15.0 Å². The molecule has 0 spiro atoms. The molecule has 0 saturated carbocycles. The van der Waals surface area contributed by atoms with Crippen molar-refractivity contribution in [3.05, 3.63) is 31.1 Å². The van der Waals surface area contributed by atoms with Crippen molar-refractivity contribution in [2.75, 3.05) is 0 Å². The first kappa shape index (κ1) is 11.2. The zero-order valence-corrected chi connectivity index (χ0v) is 9.16. The van der Waals surface area contributed by atoms with E-state index in [1.54, 1.807) is 22.6 Å². The predicted molar refractivity (Wildman–Crippen MR) is 53.3 cm³/mol. The fourth-order valence-corrected chi connectivity index (χ4v) is 1.54. The summed E-state index contributed by atoms with van der Waals surface area (Å²) in [7, 11) is 0. The summed E-state index contributed by atoms with van der Waals surface area (Å²) in [6.45, 7) is 1.27. The quantitative estimate of drug-likeness (QED) is 0.365. The summed E-state index contributed by atoms with van der Waals surface area (Å²) in [5.74, 6) is 0. The van der Waals surface area contributed by atoms with Crippen LogP contribution in [0, 0.1) is 20.7 Å². The number of rotatable bonds is 2. The molecular weight excluding hydrogens is 309 g/mol. The van der Waals surface area contributed by atoms with Gasteiger partial charge < -0.3 is 0 Å². The fourth-order valence-electron chi connectivity index (χ4n) is 0.986. The Kier molecular flexibility index (Phi) is 3.29. The van der Waals surface area contributed by atoms with E-state index in [2.05, 4.69) is 4.98 Å². The minimum atomic E-state index is -2.79. The monoisotopic (exact) mass is 314 g/mol. The van der Waals surface area contributed by atoms with Crippen LogP contribution in [-0.2, 0) is 0 Å². The van der Waals surface area contributed by atoms with E-state index in [4.69, 9.17) is 0 Å². The summed E-state index contributed by atoms with van der Waals surface area (Å²) in [6, 6.07) is 1.17. The van der Waals surface area contributed by atoms with E-state index in [0.29, 0.717) is 0 Å². The van der Waals surface area contributed by atoms with Crippen molar-refractivity contribution in [2.45, 2.75) is 13.3 Å². The van der Waals surface area contributed by atoms with Crippen molar-refractivity contribution in [1.82, 2.24) is 4.98 Å². The zero-order valence-electron chi connectivity index (χ0n) is 7.00. The van der Waals surface area contributed by atoms with Gasteiger partial charge in [0.1, 0.15) is 9.39 Å². The van der Waals surface area contributed by atoms with Gasteiger partial charge in [-0.2, -0.15) is 0 Å². The number of pyridine rings is 1. The molecule has 1 aromatic heterocycles. The lowest BCUT2D eigenvalue weighted by atomic mass is 10.2. The van der Waals surface area contributed by atoms with Crippen LogP contribution in [0.3, 0.4) is 0 Å². The molecule has 0 N–H and O–H groups in total. The molecule has 1 heterocycles. The second kappa shape index (κ2) is 4.11. The molecular formula is C7H5F2IN2O2. The molecule has 7 heteroatoms. The van der Waals surface area contributed by atoms with Crippen molar-refractivity contribution in [3.8, 4) is 0 Å². The van der Waals surface area contributed by atoms with E-state index < -0.39 is 17.0 Å². The highest BCUT2D eigenvalue weighted by Gasteiger charge is 2.22. The van der Waals surface area contributed by atoms with Gasteiger partial charge >= 0.3 is 0 Å². The molecule has 0 aliphatic carbocycles. The van der Waals surface area contributed by atoms with Gasteiger partial charge in [-0.05, 0) is 29.5 Å². The molecule has 0 aliphatic rings. The molecule has 0 saturated heterocycles. The second-order valence-electron chi connectivity index (χ2n) is 2.53. The van der Waals surface area contributed by atoms with E-state index in [0.717, 1.165) is 0 Å². The second-order valence-corrected chi connectivity index (χ2v) is 3.64. The highest BCUT2D eigenvalue weighted by atomic mass is 127. The summed E-state index contributed by atoms with van der Waals surface area (Å²) in [5.41, 5.74) is -0.922. The van der Waals surface area contributed by atoms with Gasteiger partial charge in [0.25, 0.3) is 12.1 Å². The highest BCUT2D eigenvalue weighted by molar-refractivity contribution is 14.1. The molecule has 0 fully saturated rings. The van der Waals surface area contributed by atoms with Gasteiger partial charge in [0.15, 0.2) is 0 Å². The lowest BCUT2D eigenvalue weighted by Gasteiger charge is -2.04. The lowest BCUT2D eigenvalue weighted by molar-refractivity contribution is -0.385. The van der Waals surface area contributed by atoms with Gasteiger partial charge in [-0.1, -0.05) is 0 Å². The largest absolute Gasteiger partial charge is 0.280 e. The van der Waals surface area contributed by atoms with Crippen LogP contribution in [0.5, 0.6) is 0 Å². The van der Waals surface area contributed by atoms with Gasteiger partial charge in [-0.15, -0.1) is 0 Å². The van der Waals surface area contributed by atoms with E-state index >= 15 is 0 Å². The Balaban J connectivity index is 3.40. The molecule has 0 atom stereocenters. The van der Waals surface area contributed by atoms with Crippen molar-refractivity contribution >= 4 is 28.3 Å². The fraction of sp³-hybridized carbons (Fsp3) is 0.286. The van der Waals surface area contributed by atoms with Crippen LogP contribution in [0.15, 0.2) is 6.07 Å². The Morgan fingerprint density at radius 1 is 1.64 bits per heavy atom. The highest BCUT2D eigenvalue weighted by Crippen LogP contribution is 2.28. The number of aromatic nitrogens is 1. The molecule has 76 valence electrons. The first-order chi connectivity index (χ1) is 6.43. The number of hydrogen-bond acceptors (Lipinski definition) is 3. The summed E-state index contributed by atoms with van der Waals surface area (Å²) in [5, 5.41) is 10.5. The van der Waals surface area contributed by atoms with Crippen LogP contribution >= 0.6 is 22.6 Å². The Morgan fingerprint density at radius 3 is 2.64 bits per heavy atom. The van der Waals surface area contributed by atoms with E-state index in [9.17, 15) is 18.9 Å². The van der Waals surface area contributed by atoms with Crippen LogP contribution in [-0.4, -0.2) is 9.91 Å². The van der Waals surface area contributed by atoms with Gasteiger partial charge in [0.05, 0.1) is 10.5 Å². The maximum Gasteiger partial charge on any atom is 0.280 e. The Hall–Kier alpha value is -0.860. The van der Waals surface area contributed by atoms with Gasteiger partial charge in [-0.3, -0.25) is 10.1 Å². The first-order valence-electron chi connectivity index (χ1n) is 3.53. The minimum Gasteiger partial charge on any atom is -0.258 e. The standard InChI is InChI=1S/C7H5F2IN2O2/c1-3-4(12(13)14)2-5(10)11-6(3)7(8)9/h2,7H,1H3. The molecule has 0 radical (unpaired) electrons. The van der Waals surface area contributed by atoms with Gasteiger partial charge in [0.2, 0.25) is 0 Å². The third kappa shape index (κ3) is 2.14. The third-order valence-corrected chi connectivity index (χ3v) is 2.21. The van der Waals surface area contributed by atoms with Crippen molar-refractivity contribution in [1.29, 1.82) is 0 Å². The van der Waals surface area contributed by atoms with Crippen LogP contribution in [0.1, 0.15) is 17.7 Å². The molecule has 14 heavy (non-hydrogen) atoms. The Labute approximate surface area is 91.6 Å². The van der Waals surface area contributed by atoms with Crippen LogP contribution < -0.4 is 0 Å². The minimum absolute atomic E-state index is 0.0783.